The summed E-state index contributed by atoms with van der Waals surface area (Å²) in [7, 11) is -3.73. The van der Waals surface area contributed by atoms with Crippen LogP contribution in [-0.4, -0.2) is 41.9 Å². The van der Waals surface area contributed by atoms with Gasteiger partial charge in [-0.3, -0.25) is 4.79 Å². The number of benzene rings is 1. The van der Waals surface area contributed by atoms with Gasteiger partial charge in [0.05, 0.1) is 15.5 Å². The highest BCUT2D eigenvalue weighted by atomic mass is 32.2. The number of halogens is 1. The van der Waals surface area contributed by atoms with Crippen LogP contribution in [0.3, 0.4) is 0 Å². The monoisotopic (exact) mass is 504 g/mol. The van der Waals surface area contributed by atoms with Crippen LogP contribution in [0, 0.1) is 18.7 Å². The van der Waals surface area contributed by atoms with E-state index >= 15 is 0 Å². The zero-order valence-electron chi connectivity index (χ0n) is 18.7. The van der Waals surface area contributed by atoms with Crippen molar-refractivity contribution in [2.75, 3.05) is 18.4 Å². The predicted octanol–water partition coefficient (Wildman–Crippen LogP) is 4.55. The van der Waals surface area contributed by atoms with Crippen LogP contribution in [0.4, 0.5) is 10.1 Å². The van der Waals surface area contributed by atoms with Crippen LogP contribution >= 0.6 is 11.3 Å². The molecular weight excluding hydrogens is 479 g/mol. The normalized spacial score (nSPS) is 18.1. The minimum Gasteiger partial charge on any atom is -0.339 e. The number of nitrogens with zero attached hydrogens (tertiary/aromatic N) is 3. The van der Waals surface area contributed by atoms with Crippen molar-refractivity contribution in [2.45, 2.75) is 49.8 Å². The van der Waals surface area contributed by atoms with Gasteiger partial charge >= 0.3 is 0 Å². The van der Waals surface area contributed by atoms with Gasteiger partial charge in [-0.2, -0.15) is 9.29 Å². The molecule has 0 bridgehead atoms. The van der Waals surface area contributed by atoms with Gasteiger partial charge in [-0.25, -0.2) is 12.8 Å². The Bertz CT molecular complexity index is 1310. The molecule has 3 heterocycles. The molecule has 1 N–H and O–H groups in total. The fourth-order valence-corrected chi connectivity index (χ4v) is 7.24. The first-order chi connectivity index (χ1) is 16.3. The van der Waals surface area contributed by atoms with Gasteiger partial charge in [0.2, 0.25) is 27.6 Å². The molecule has 0 atom stereocenters. The Labute approximate surface area is 201 Å². The van der Waals surface area contributed by atoms with Gasteiger partial charge in [-0.05, 0) is 50.8 Å². The molecule has 2 fully saturated rings. The van der Waals surface area contributed by atoms with Crippen LogP contribution in [0.5, 0.6) is 0 Å². The van der Waals surface area contributed by atoms with Crippen LogP contribution in [0.1, 0.15) is 48.8 Å². The zero-order valence-corrected chi connectivity index (χ0v) is 20.3. The van der Waals surface area contributed by atoms with E-state index in [-0.39, 0.29) is 35.5 Å². The second-order valence-corrected chi connectivity index (χ2v) is 11.9. The Morgan fingerprint density at radius 1 is 1.21 bits per heavy atom. The molecule has 1 amide bonds. The maximum atomic E-state index is 13.8. The average molecular weight is 505 g/mol. The number of sulfonamides is 1. The Morgan fingerprint density at radius 2 is 1.94 bits per heavy atom. The number of hydrogen-bond acceptors (Lipinski definition) is 7. The average Bonchev–Trinajstić information content (AvgIpc) is 3.41. The number of anilines is 1. The molecule has 8 nitrogen and oxygen atoms in total. The molecule has 3 aromatic rings. The molecule has 34 heavy (non-hydrogen) atoms. The van der Waals surface area contributed by atoms with E-state index in [4.69, 9.17) is 4.52 Å². The van der Waals surface area contributed by atoms with Crippen LogP contribution in [0.15, 0.2) is 39.8 Å². The molecule has 1 saturated carbocycles. The van der Waals surface area contributed by atoms with Gasteiger partial charge in [-0.15, -0.1) is 11.3 Å². The molecule has 1 aromatic carbocycles. The number of amides is 1. The number of nitrogens with one attached hydrogen (secondary N) is 1. The number of thiophene rings is 1. The van der Waals surface area contributed by atoms with Crippen molar-refractivity contribution in [1.82, 2.24) is 14.4 Å². The van der Waals surface area contributed by atoms with E-state index in [0.717, 1.165) is 19.3 Å². The molecule has 2 aromatic heterocycles. The highest BCUT2D eigenvalue weighted by Crippen LogP contribution is 2.38. The van der Waals surface area contributed by atoms with Crippen molar-refractivity contribution < 1.29 is 22.1 Å². The fourth-order valence-electron chi connectivity index (χ4n) is 4.28. The highest BCUT2D eigenvalue weighted by Gasteiger charge is 2.34. The zero-order chi connectivity index (χ0) is 23.9. The SMILES string of the molecule is Cc1sc(-c2noc(C3CCC3)n2)cc1S(=O)(=O)N1CCC(C(=O)Nc2ccccc2F)CC1. The minimum absolute atomic E-state index is 0.130. The molecule has 11 heteroatoms. The molecule has 180 valence electrons. The third kappa shape index (κ3) is 4.39. The first kappa shape index (κ1) is 23.1. The van der Waals surface area contributed by atoms with Gasteiger partial charge in [0, 0.05) is 29.8 Å². The number of rotatable bonds is 6. The highest BCUT2D eigenvalue weighted by molar-refractivity contribution is 7.89. The van der Waals surface area contributed by atoms with Gasteiger partial charge in [0.15, 0.2) is 0 Å². The van der Waals surface area contributed by atoms with E-state index in [9.17, 15) is 17.6 Å². The van der Waals surface area contributed by atoms with Crippen LogP contribution in [-0.2, 0) is 14.8 Å². The van der Waals surface area contributed by atoms with Gasteiger partial charge in [-0.1, -0.05) is 23.7 Å². The molecule has 1 saturated heterocycles. The van der Waals surface area contributed by atoms with Gasteiger partial charge < -0.3 is 9.84 Å². The fraction of sp³-hybridized carbons (Fsp3) is 0.435. The van der Waals surface area contributed by atoms with E-state index in [1.165, 1.54) is 27.8 Å². The van der Waals surface area contributed by atoms with Gasteiger partial charge in [0.25, 0.3) is 0 Å². The van der Waals surface area contributed by atoms with E-state index in [2.05, 4.69) is 15.5 Å². The summed E-state index contributed by atoms with van der Waals surface area (Å²) in [5.41, 5.74) is 0.130. The lowest BCUT2D eigenvalue weighted by Crippen LogP contribution is -2.41. The van der Waals surface area contributed by atoms with Crippen molar-refractivity contribution in [3.05, 3.63) is 46.9 Å². The second kappa shape index (κ2) is 9.20. The lowest BCUT2D eigenvalue weighted by Gasteiger charge is -2.30. The minimum atomic E-state index is -3.73. The summed E-state index contributed by atoms with van der Waals surface area (Å²) < 4.78 is 47.3. The summed E-state index contributed by atoms with van der Waals surface area (Å²) in [6.07, 6.45) is 3.97. The summed E-state index contributed by atoms with van der Waals surface area (Å²) in [4.78, 5) is 18.6. The summed E-state index contributed by atoms with van der Waals surface area (Å²) >= 11 is 1.33. The number of carbonyl (C=O) groups excluding carboxylic acids is 1. The van der Waals surface area contributed by atoms with E-state index < -0.39 is 15.8 Å². The molecule has 2 aliphatic rings. The predicted molar refractivity (Wildman–Crippen MR) is 125 cm³/mol. The maximum absolute atomic E-state index is 13.8. The Kier molecular flexibility index (Phi) is 6.26. The maximum Gasteiger partial charge on any atom is 0.244 e. The number of hydrogen-bond donors (Lipinski definition) is 1. The molecule has 0 unspecified atom stereocenters. The summed E-state index contributed by atoms with van der Waals surface area (Å²) in [6.45, 7) is 2.20. The molecule has 1 aliphatic carbocycles. The summed E-state index contributed by atoms with van der Waals surface area (Å²) in [5.74, 6) is 0.167. The molecule has 0 radical (unpaired) electrons. The molecule has 1 aliphatic heterocycles. The van der Waals surface area contributed by atoms with Crippen molar-refractivity contribution in [3.63, 3.8) is 0 Å². The number of aryl methyl sites for hydroxylation is 1. The third-order valence-corrected chi connectivity index (χ3v) is 9.76. The van der Waals surface area contributed by atoms with E-state index in [1.54, 1.807) is 25.1 Å². The van der Waals surface area contributed by atoms with E-state index in [0.29, 0.717) is 40.2 Å². The van der Waals surface area contributed by atoms with Crippen molar-refractivity contribution >= 4 is 33.0 Å². The third-order valence-electron chi connectivity index (χ3n) is 6.56. The first-order valence-corrected chi connectivity index (χ1v) is 13.6. The largest absolute Gasteiger partial charge is 0.339 e. The summed E-state index contributed by atoms with van der Waals surface area (Å²) in [5, 5.41) is 6.66. The van der Waals surface area contributed by atoms with Crippen LogP contribution in [0.25, 0.3) is 10.7 Å². The Balaban J connectivity index is 1.25. The lowest BCUT2D eigenvalue weighted by molar-refractivity contribution is -0.120. The Hall–Kier alpha value is -2.63. The molecule has 0 spiro atoms. The van der Waals surface area contributed by atoms with Crippen molar-refractivity contribution in [2.24, 2.45) is 5.92 Å². The lowest BCUT2D eigenvalue weighted by atomic mass is 9.85. The molecular formula is C23H25FN4O4S2. The summed E-state index contributed by atoms with van der Waals surface area (Å²) in [6, 6.07) is 7.60. The van der Waals surface area contributed by atoms with Crippen molar-refractivity contribution in [3.8, 4) is 10.7 Å². The van der Waals surface area contributed by atoms with Gasteiger partial charge in [0.1, 0.15) is 5.82 Å². The van der Waals surface area contributed by atoms with Crippen molar-refractivity contribution in [1.29, 1.82) is 0 Å². The number of carbonyl (C=O) groups is 1. The second-order valence-electron chi connectivity index (χ2n) is 8.76. The number of aromatic nitrogens is 2. The molecule has 5 rings (SSSR count). The Morgan fingerprint density at radius 3 is 2.62 bits per heavy atom. The number of para-hydroxylation sites is 1. The van der Waals surface area contributed by atoms with Crippen LogP contribution in [0.2, 0.25) is 0 Å². The van der Waals surface area contributed by atoms with Crippen LogP contribution < -0.4 is 5.32 Å². The number of piperidine rings is 1. The van der Waals surface area contributed by atoms with E-state index in [1.807, 2.05) is 0 Å². The smallest absolute Gasteiger partial charge is 0.244 e. The quantitative estimate of drug-likeness (QED) is 0.528. The first-order valence-electron chi connectivity index (χ1n) is 11.3. The topological polar surface area (TPSA) is 105 Å². The standard InChI is InChI=1S/C23H25FN4O4S2/c1-14-20(13-19(33-14)21-26-23(32-27-21)16-5-4-6-16)34(30,31)28-11-9-15(10-12-28)22(29)25-18-8-3-2-7-17(18)24/h2-3,7-8,13,15-16H,4-6,9-12H2,1H3,(H,25,29).